The quantitative estimate of drug-likeness (QED) is 0.884. The average Bonchev–Trinajstić information content (AvgIpc) is 2.45. The van der Waals surface area contributed by atoms with Crippen molar-refractivity contribution in [2.45, 2.75) is 26.0 Å². The molecule has 4 nitrogen and oxygen atoms in total. The number of hydrogen-bond donors (Lipinski definition) is 1. The van der Waals surface area contributed by atoms with Crippen LogP contribution in [0.3, 0.4) is 0 Å². The van der Waals surface area contributed by atoms with Gasteiger partial charge in [0.25, 0.3) is 0 Å². The first kappa shape index (κ1) is 14.2. The highest BCUT2D eigenvalue weighted by Gasteiger charge is 2.22. The van der Waals surface area contributed by atoms with Crippen LogP contribution in [0.25, 0.3) is 0 Å². The van der Waals surface area contributed by atoms with Crippen molar-refractivity contribution in [2.24, 2.45) is 0 Å². The van der Waals surface area contributed by atoms with Crippen molar-refractivity contribution in [3.05, 3.63) is 24.3 Å². The Labute approximate surface area is 115 Å². The number of rotatable bonds is 5. The van der Waals surface area contributed by atoms with E-state index >= 15 is 0 Å². The molecule has 1 unspecified atom stereocenters. The maximum Gasteiger partial charge on any atom is 0.141 e. The number of morpholine rings is 1. The fraction of sp³-hybridized carbons (Fsp3) is 0.600. The lowest BCUT2D eigenvalue weighted by atomic mass is 10.2. The van der Waals surface area contributed by atoms with E-state index in [2.05, 4.69) is 24.1 Å². The Morgan fingerprint density at radius 1 is 1.42 bits per heavy atom. The molecule has 1 saturated heterocycles. The molecule has 1 aromatic carbocycles. The minimum Gasteiger partial charge on any atom is -0.495 e. The number of ether oxygens (including phenoxy) is 2. The average molecular weight is 264 g/mol. The van der Waals surface area contributed by atoms with Crippen molar-refractivity contribution in [1.82, 2.24) is 4.90 Å². The van der Waals surface area contributed by atoms with Gasteiger partial charge in [-0.25, -0.2) is 0 Å². The van der Waals surface area contributed by atoms with Crippen molar-refractivity contribution >= 4 is 5.69 Å². The molecule has 19 heavy (non-hydrogen) atoms. The number of methoxy groups -OCH3 is 1. The minimum atomic E-state index is 0.237. The zero-order valence-electron chi connectivity index (χ0n) is 12.1. The van der Waals surface area contributed by atoms with Gasteiger partial charge in [-0.05, 0) is 26.0 Å². The van der Waals surface area contributed by atoms with Gasteiger partial charge < -0.3 is 14.8 Å². The topological polar surface area (TPSA) is 33.7 Å². The number of nitrogens with zero attached hydrogens (tertiary/aromatic N) is 1. The summed E-state index contributed by atoms with van der Waals surface area (Å²) in [5.74, 6) is 0.874. The van der Waals surface area contributed by atoms with Gasteiger partial charge in [-0.1, -0.05) is 12.1 Å². The molecule has 0 bridgehead atoms. The molecule has 0 radical (unpaired) electrons. The van der Waals surface area contributed by atoms with Crippen molar-refractivity contribution in [1.29, 1.82) is 0 Å². The maximum atomic E-state index is 5.81. The van der Waals surface area contributed by atoms with Crippen LogP contribution < -0.4 is 10.1 Å². The van der Waals surface area contributed by atoms with E-state index in [1.165, 1.54) is 0 Å². The van der Waals surface area contributed by atoms with Crippen LogP contribution >= 0.6 is 0 Å². The van der Waals surface area contributed by atoms with Gasteiger partial charge in [0.2, 0.25) is 0 Å². The highest BCUT2D eigenvalue weighted by molar-refractivity contribution is 5.56. The van der Waals surface area contributed by atoms with Gasteiger partial charge in [0.05, 0.1) is 25.5 Å². The second-order valence-electron chi connectivity index (χ2n) is 5.16. The third-order valence-corrected chi connectivity index (χ3v) is 3.53. The predicted molar refractivity (Wildman–Crippen MR) is 77.9 cm³/mol. The van der Waals surface area contributed by atoms with Gasteiger partial charge in [0, 0.05) is 25.7 Å². The molecule has 2 rings (SSSR count). The Bertz CT molecular complexity index is 395. The molecule has 106 valence electrons. The number of nitrogens with one attached hydrogen (secondary N) is 1. The van der Waals surface area contributed by atoms with E-state index in [-0.39, 0.29) is 6.10 Å². The predicted octanol–water partition coefficient (Wildman–Crippen LogP) is 2.22. The van der Waals surface area contributed by atoms with E-state index in [1.54, 1.807) is 7.11 Å². The van der Waals surface area contributed by atoms with Crippen LogP contribution in [0.15, 0.2) is 24.3 Å². The Morgan fingerprint density at radius 2 is 2.21 bits per heavy atom. The summed E-state index contributed by atoms with van der Waals surface area (Å²) in [5, 5.41) is 3.42. The van der Waals surface area contributed by atoms with Crippen LogP contribution in [-0.4, -0.2) is 50.4 Å². The minimum absolute atomic E-state index is 0.237. The molecule has 0 amide bonds. The van der Waals surface area contributed by atoms with Crippen LogP contribution in [-0.2, 0) is 4.74 Å². The van der Waals surface area contributed by atoms with E-state index in [0.717, 1.165) is 37.7 Å². The molecule has 1 atom stereocenters. The summed E-state index contributed by atoms with van der Waals surface area (Å²) >= 11 is 0. The molecule has 4 heteroatoms. The molecule has 0 spiro atoms. The van der Waals surface area contributed by atoms with Gasteiger partial charge in [-0.15, -0.1) is 0 Å². The van der Waals surface area contributed by atoms with Crippen molar-refractivity contribution in [3.63, 3.8) is 0 Å². The Morgan fingerprint density at radius 3 is 2.95 bits per heavy atom. The molecule has 1 fully saturated rings. The number of anilines is 1. The Hall–Kier alpha value is -1.26. The van der Waals surface area contributed by atoms with Crippen LogP contribution in [0.2, 0.25) is 0 Å². The molecule has 1 N–H and O–H groups in total. The van der Waals surface area contributed by atoms with Gasteiger partial charge in [-0.3, -0.25) is 4.90 Å². The summed E-state index contributed by atoms with van der Waals surface area (Å²) in [6, 6.07) is 8.55. The zero-order valence-corrected chi connectivity index (χ0v) is 12.1. The standard InChI is InChI=1S/C15H24N2O2/c1-12(2)17-8-9-19-13(11-17)10-16-14-6-4-5-7-15(14)18-3/h4-7,12-13,16H,8-11H2,1-3H3. The molecule has 1 aliphatic heterocycles. The second kappa shape index (κ2) is 6.78. The molecule has 1 aliphatic rings. The third-order valence-electron chi connectivity index (χ3n) is 3.53. The smallest absolute Gasteiger partial charge is 0.141 e. The lowest BCUT2D eigenvalue weighted by Gasteiger charge is -2.35. The van der Waals surface area contributed by atoms with Crippen LogP contribution in [0.1, 0.15) is 13.8 Å². The SMILES string of the molecule is COc1ccccc1NCC1CN(C(C)C)CCO1. The van der Waals surface area contributed by atoms with E-state index in [4.69, 9.17) is 9.47 Å². The number of para-hydroxylation sites is 2. The summed E-state index contributed by atoms with van der Waals surface area (Å²) < 4.78 is 11.1. The highest BCUT2D eigenvalue weighted by Crippen LogP contribution is 2.23. The van der Waals surface area contributed by atoms with E-state index in [1.807, 2.05) is 24.3 Å². The van der Waals surface area contributed by atoms with Gasteiger partial charge in [-0.2, -0.15) is 0 Å². The van der Waals surface area contributed by atoms with E-state index < -0.39 is 0 Å². The van der Waals surface area contributed by atoms with E-state index in [9.17, 15) is 0 Å². The molecule has 1 aromatic rings. The molecular weight excluding hydrogens is 240 g/mol. The lowest BCUT2D eigenvalue weighted by molar-refractivity contribution is -0.0315. The molecule has 0 aliphatic carbocycles. The Balaban J connectivity index is 1.88. The molecule has 0 saturated carbocycles. The summed E-state index contributed by atoms with van der Waals surface area (Å²) in [6.45, 7) is 8.11. The maximum absolute atomic E-state index is 5.81. The van der Waals surface area contributed by atoms with Crippen molar-refractivity contribution in [3.8, 4) is 5.75 Å². The molecular formula is C15H24N2O2. The summed E-state index contributed by atoms with van der Waals surface area (Å²) in [6.07, 6.45) is 0.237. The number of benzene rings is 1. The first-order valence-corrected chi connectivity index (χ1v) is 6.93. The Kier molecular flexibility index (Phi) is 5.05. The fourth-order valence-electron chi connectivity index (χ4n) is 2.35. The van der Waals surface area contributed by atoms with Crippen molar-refractivity contribution in [2.75, 3.05) is 38.7 Å². The van der Waals surface area contributed by atoms with Crippen molar-refractivity contribution < 1.29 is 9.47 Å². The zero-order chi connectivity index (χ0) is 13.7. The number of hydrogen-bond acceptors (Lipinski definition) is 4. The highest BCUT2D eigenvalue weighted by atomic mass is 16.5. The summed E-state index contributed by atoms with van der Waals surface area (Å²) in [4.78, 5) is 2.46. The van der Waals surface area contributed by atoms with Crippen LogP contribution in [0, 0.1) is 0 Å². The van der Waals surface area contributed by atoms with Gasteiger partial charge >= 0.3 is 0 Å². The first-order chi connectivity index (χ1) is 9.20. The molecule has 1 heterocycles. The third kappa shape index (κ3) is 3.85. The van der Waals surface area contributed by atoms with Gasteiger partial charge in [0.15, 0.2) is 0 Å². The van der Waals surface area contributed by atoms with Crippen LogP contribution in [0.5, 0.6) is 5.75 Å². The van der Waals surface area contributed by atoms with Crippen LogP contribution in [0.4, 0.5) is 5.69 Å². The second-order valence-corrected chi connectivity index (χ2v) is 5.16. The summed E-state index contributed by atoms with van der Waals surface area (Å²) in [7, 11) is 1.69. The summed E-state index contributed by atoms with van der Waals surface area (Å²) in [5.41, 5.74) is 1.02. The largest absolute Gasteiger partial charge is 0.495 e. The lowest BCUT2D eigenvalue weighted by Crippen LogP contribution is -2.48. The first-order valence-electron chi connectivity index (χ1n) is 6.93. The van der Waals surface area contributed by atoms with Gasteiger partial charge in [0.1, 0.15) is 5.75 Å². The monoisotopic (exact) mass is 264 g/mol. The normalized spacial score (nSPS) is 20.5. The fourth-order valence-corrected chi connectivity index (χ4v) is 2.35. The van der Waals surface area contributed by atoms with E-state index in [0.29, 0.717) is 6.04 Å². The molecule has 0 aromatic heterocycles.